The number of H-pyrrole nitrogens is 1. The Morgan fingerprint density at radius 2 is 2.03 bits per heavy atom. The normalized spacial score (nSPS) is 16.8. The van der Waals surface area contributed by atoms with Gasteiger partial charge in [0.2, 0.25) is 5.56 Å². The van der Waals surface area contributed by atoms with Crippen LogP contribution in [0.5, 0.6) is 0 Å². The van der Waals surface area contributed by atoms with Crippen LogP contribution in [0.25, 0.3) is 0 Å². The number of ether oxygens (including phenoxy) is 1. The van der Waals surface area contributed by atoms with Gasteiger partial charge in [-0.2, -0.15) is 0 Å². The Morgan fingerprint density at radius 3 is 2.92 bits per heavy atom. The van der Waals surface area contributed by atoms with Crippen LogP contribution in [0.2, 0.25) is 0 Å². The molecule has 1 atom stereocenters. The highest BCUT2D eigenvalue weighted by atomic mass is 32.2. The lowest BCUT2D eigenvalue weighted by Crippen LogP contribution is -2.39. The van der Waals surface area contributed by atoms with Crippen molar-refractivity contribution in [2.24, 2.45) is 0 Å². The standard InChI is InChI=1S/C28H26N4O2S2/c1-18-7-9-29-20(13-18)16-31-19-5-6-24-26(14-19)35-25-4-2-3-22(28(25)36-24)23-17-32(11-12-34-23)21-8-10-30-27(33)15-21/h2-10,13-15,23,31H,11-12,16-17H2,1H3,(H,30,33). The summed E-state index contributed by atoms with van der Waals surface area (Å²) in [5, 5.41) is 3.51. The van der Waals surface area contributed by atoms with Crippen LogP contribution in [0.1, 0.15) is 22.9 Å². The molecular formula is C28H26N4O2S2. The molecule has 1 saturated heterocycles. The SMILES string of the molecule is Cc1ccnc(CNc2ccc3c(c2)Sc2cccc(C4CN(c5cc[nH]c(=O)c5)CCO4)c2S3)c1. The fraction of sp³-hybridized carbons (Fsp3) is 0.214. The summed E-state index contributed by atoms with van der Waals surface area (Å²) in [6.45, 7) is 4.89. The van der Waals surface area contributed by atoms with Crippen LogP contribution in [0.3, 0.4) is 0 Å². The van der Waals surface area contributed by atoms with Crippen LogP contribution >= 0.6 is 23.5 Å². The van der Waals surface area contributed by atoms with Crippen LogP contribution in [-0.4, -0.2) is 29.7 Å². The monoisotopic (exact) mass is 514 g/mol. The maximum absolute atomic E-state index is 11.8. The van der Waals surface area contributed by atoms with E-state index in [1.165, 1.54) is 30.7 Å². The fourth-order valence-corrected chi connectivity index (χ4v) is 7.03. The van der Waals surface area contributed by atoms with Crippen LogP contribution < -0.4 is 15.8 Å². The molecule has 1 unspecified atom stereocenters. The zero-order valence-corrected chi connectivity index (χ0v) is 21.5. The van der Waals surface area contributed by atoms with Gasteiger partial charge in [0.05, 0.1) is 18.8 Å². The number of nitrogens with zero attached hydrogens (tertiary/aromatic N) is 2. The van der Waals surface area contributed by atoms with E-state index in [4.69, 9.17) is 4.74 Å². The fourth-order valence-electron chi connectivity index (χ4n) is 4.58. The summed E-state index contributed by atoms with van der Waals surface area (Å²) in [6, 6.07) is 20.8. The Hall–Kier alpha value is -3.20. The highest BCUT2D eigenvalue weighted by Gasteiger charge is 2.28. The van der Waals surface area contributed by atoms with E-state index in [9.17, 15) is 4.79 Å². The van der Waals surface area contributed by atoms with E-state index in [0.717, 1.165) is 23.6 Å². The minimum absolute atomic E-state index is 0.0505. The second-order valence-corrected chi connectivity index (χ2v) is 11.1. The summed E-state index contributed by atoms with van der Waals surface area (Å²) in [7, 11) is 0. The summed E-state index contributed by atoms with van der Waals surface area (Å²) in [6.07, 6.45) is 3.51. The summed E-state index contributed by atoms with van der Waals surface area (Å²) < 4.78 is 6.24. The molecule has 6 rings (SSSR count). The van der Waals surface area contributed by atoms with E-state index in [1.807, 2.05) is 41.9 Å². The topological polar surface area (TPSA) is 70.2 Å². The quantitative estimate of drug-likeness (QED) is 0.303. The van der Waals surface area contributed by atoms with Crippen LogP contribution in [0.4, 0.5) is 11.4 Å². The summed E-state index contributed by atoms with van der Waals surface area (Å²) >= 11 is 3.62. The Kier molecular flexibility index (Phi) is 6.48. The number of hydrogen-bond acceptors (Lipinski definition) is 7. The van der Waals surface area contributed by atoms with Gasteiger partial charge >= 0.3 is 0 Å². The summed E-state index contributed by atoms with van der Waals surface area (Å²) in [5.74, 6) is 0. The molecule has 2 aromatic carbocycles. The number of anilines is 2. The maximum Gasteiger partial charge on any atom is 0.249 e. The van der Waals surface area contributed by atoms with Gasteiger partial charge in [-0.15, -0.1) is 0 Å². The molecule has 36 heavy (non-hydrogen) atoms. The van der Waals surface area contributed by atoms with Gasteiger partial charge in [-0.1, -0.05) is 35.7 Å². The number of fused-ring (bicyclic) bond motifs is 2. The van der Waals surface area contributed by atoms with Crippen molar-refractivity contribution in [1.29, 1.82) is 0 Å². The lowest BCUT2D eigenvalue weighted by molar-refractivity contribution is 0.0379. The first-order chi connectivity index (χ1) is 17.6. The van der Waals surface area contributed by atoms with Gasteiger partial charge < -0.3 is 19.9 Å². The average Bonchev–Trinajstić information content (AvgIpc) is 2.90. The predicted octanol–water partition coefficient (Wildman–Crippen LogP) is 5.88. The number of pyridine rings is 2. The van der Waals surface area contributed by atoms with Crippen LogP contribution in [0.15, 0.2) is 97.4 Å². The molecule has 8 heteroatoms. The number of rotatable bonds is 5. The zero-order valence-electron chi connectivity index (χ0n) is 19.9. The van der Waals surface area contributed by atoms with E-state index < -0.39 is 0 Å². The molecule has 182 valence electrons. The number of nitrogens with one attached hydrogen (secondary N) is 2. The number of aryl methyl sites for hydroxylation is 1. The van der Waals surface area contributed by atoms with Gasteiger partial charge in [0.25, 0.3) is 0 Å². The van der Waals surface area contributed by atoms with Crippen molar-refractivity contribution < 1.29 is 4.74 Å². The minimum Gasteiger partial charge on any atom is -0.379 e. The molecule has 2 N–H and O–H groups in total. The van der Waals surface area contributed by atoms with Gasteiger partial charge in [-0.05, 0) is 60.5 Å². The van der Waals surface area contributed by atoms with E-state index in [0.29, 0.717) is 19.7 Å². The molecule has 2 aliphatic rings. The molecule has 2 aliphatic heterocycles. The zero-order chi connectivity index (χ0) is 24.5. The third kappa shape index (κ3) is 4.89. The van der Waals surface area contributed by atoms with Crippen molar-refractivity contribution in [1.82, 2.24) is 9.97 Å². The summed E-state index contributed by atoms with van der Waals surface area (Å²) in [4.78, 5) is 26.2. The molecule has 6 nitrogen and oxygen atoms in total. The highest BCUT2D eigenvalue weighted by molar-refractivity contribution is 8.05. The Balaban J connectivity index is 1.20. The second kappa shape index (κ2) is 10.0. The molecular weight excluding hydrogens is 488 g/mol. The van der Waals surface area contributed by atoms with Gasteiger partial charge in [0.15, 0.2) is 0 Å². The average molecular weight is 515 g/mol. The molecule has 0 aliphatic carbocycles. The number of aromatic nitrogens is 2. The number of benzene rings is 2. The van der Waals surface area contributed by atoms with Crippen molar-refractivity contribution >= 4 is 34.9 Å². The first-order valence-electron chi connectivity index (χ1n) is 12.0. The minimum atomic E-state index is -0.0831. The molecule has 0 amide bonds. The van der Waals surface area contributed by atoms with Crippen molar-refractivity contribution in [3.05, 3.63) is 100 Å². The van der Waals surface area contributed by atoms with E-state index in [1.54, 1.807) is 12.3 Å². The molecule has 2 aromatic heterocycles. The molecule has 0 bridgehead atoms. The first-order valence-corrected chi connectivity index (χ1v) is 13.6. The largest absolute Gasteiger partial charge is 0.379 e. The maximum atomic E-state index is 11.8. The smallest absolute Gasteiger partial charge is 0.249 e. The Bertz CT molecular complexity index is 1470. The second-order valence-electron chi connectivity index (χ2n) is 8.93. The van der Waals surface area contributed by atoms with Crippen LogP contribution in [0, 0.1) is 6.92 Å². The van der Waals surface area contributed by atoms with Crippen molar-refractivity contribution in [2.45, 2.75) is 39.2 Å². The van der Waals surface area contributed by atoms with Crippen molar-refractivity contribution in [3.63, 3.8) is 0 Å². The molecule has 4 heterocycles. The van der Waals surface area contributed by atoms with E-state index in [2.05, 4.69) is 69.6 Å². The molecule has 1 fully saturated rings. The number of aromatic amines is 1. The molecule has 0 spiro atoms. The van der Waals surface area contributed by atoms with Gasteiger partial charge in [-0.25, -0.2) is 0 Å². The highest BCUT2D eigenvalue weighted by Crippen LogP contribution is 2.51. The van der Waals surface area contributed by atoms with Gasteiger partial charge in [0, 0.05) is 62.5 Å². The third-order valence-corrected chi connectivity index (χ3v) is 8.98. The van der Waals surface area contributed by atoms with E-state index in [-0.39, 0.29) is 11.7 Å². The van der Waals surface area contributed by atoms with Crippen molar-refractivity contribution in [3.8, 4) is 0 Å². The summed E-state index contributed by atoms with van der Waals surface area (Å²) in [5.41, 5.74) is 5.40. The Labute approximate surface area is 218 Å². The number of hydrogen-bond donors (Lipinski definition) is 2. The van der Waals surface area contributed by atoms with Gasteiger partial charge in [0.1, 0.15) is 6.10 Å². The predicted molar refractivity (Wildman–Crippen MR) is 145 cm³/mol. The first kappa shape index (κ1) is 23.2. The van der Waals surface area contributed by atoms with Gasteiger partial charge in [-0.3, -0.25) is 9.78 Å². The van der Waals surface area contributed by atoms with Crippen molar-refractivity contribution in [2.75, 3.05) is 29.9 Å². The van der Waals surface area contributed by atoms with E-state index >= 15 is 0 Å². The number of morpholine rings is 1. The molecule has 4 aromatic rings. The Morgan fingerprint density at radius 1 is 1.08 bits per heavy atom. The lowest BCUT2D eigenvalue weighted by atomic mass is 10.1. The third-order valence-electron chi connectivity index (χ3n) is 6.37. The lowest BCUT2D eigenvalue weighted by Gasteiger charge is -2.36. The molecule has 0 saturated carbocycles. The molecule has 0 radical (unpaired) electrons. The van der Waals surface area contributed by atoms with Crippen LogP contribution in [-0.2, 0) is 11.3 Å².